The number of ether oxygens (including phenoxy) is 1. The van der Waals surface area contributed by atoms with Crippen molar-refractivity contribution in [2.75, 3.05) is 5.88 Å². The van der Waals surface area contributed by atoms with Crippen LogP contribution in [0.25, 0.3) is 0 Å². The van der Waals surface area contributed by atoms with Crippen molar-refractivity contribution in [2.45, 2.75) is 34.5 Å². The first kappa shape index (κ1) is 18.5. The van der Waals surface area contributed by atoms with Crippen molar-refractivity contribution >= 4 is 56.9 Å². The third-order valence-electron chi connectivity index (χ3n) is 4.28. The van der Waals surface area contributed by atoms with Gasteiger partial charge in [-0.15, -0.1) is 23.4 Å². The molecule has 4 atom stereocenters. The summed E-state index contributed by atoms with van der Waals surface area (Å²) in [6.07, 6.45) is 0. The number of hydrogen-bond acceptors (Lipinski definition) is 6. The first-order valence-corrected chi connectivity index (χ1v) is 9.71. The summed E-state index contributed by atoms with van der Waals surface area (Å²) >= 11 is 10.9. The zero-order valence-electron chi connectivity index (χ0n) is 13.1. The number of thioether (sulfide) groups is 1. The summed E-state index contributed by atoms with van der Waals surface area (Å²) in [5, 5.41) is 10.5. The molecule has 0 bridgehead atoms. The molecule has 10 heteroatoms. The number of nitro benzene ring substituents is 1. The number of nitrogens with zero attached hydrogens (tertiary/aromatic N) is 2. The fourth-order valence-electron chi connectivity index (χ4n) is 2.89. The molecule has 1 amide bonds. The average Bonchev–Trinajstić information content (AvgIpc) is 2.90. The van der Waals surface area contributed by atoms with Crippen LogP contribution in [0.2, 0.25) is 0 Å². The second-order valence-corrected chi connectivity index (χ2v) is 8.94. The van der Waals surface area contributed by atoms with Gasteiger partial charge in [0.1, 0.15) is 22.8 Å². The topological polar surface area (TPSA) is 89.8 Å². The van der Waals surface area contributed by atoms with Crippen LogP contribution in [0.4, 0.5) is 5.69 Å². The Kier molecular flexibility index (Phi) is 5.00. The highest BCUT2D eigenvalue weighted by molar-refractivity contribution is 9.10. The van der Waals surface area contributed by atoms with Crippen molar-refractivity contribution < 1.29 is 19.2 Å². The second kappa shape index (κ2) is 6.77. The lowest BCUT2D eigenvalue weighted by Gasteiger charge is -2.41. The predicted molar refractivity (Wildman–Crippen MR) is 96.7 cm³/mol. The lowest BCUT2D eigenvalue weighted by atomic mass is 9.98. The summed E-state index contributed by atoms with van der Waals surface area (Å²) in [6.45, 7) is 1.81. The van der Waals surface area contributed by atoms with E-state index in [4.69, 9.17) is 16.3 Å². The number of alkyl halides is 2. The summed E-state index contributed by atoms with van der Waals surface area (Å²) in [5.41, 5.74) is 0.594. The third-order valence-corrected chi connectivity index (χ3v) is 7.88. The number of halogens is 2. The van der Waals surface area contributed by atoms with Crippen LogP contribution in [-0.2, 0) is 20.9 Å². The van der Waals surface area contributed by atoms with Gasteiger partial charge in [-0.25, -0.2) is 4.79 Å². The minimum atomic E-state index is -0.751. The summed E-state index contributed by atoms with van der Waals surface area (Å²) in [6, 6.07) is 5.01. The molecular formula is C15H14BrClN2O5S. The van der Waals surface area contributed by atoms with Crippen molar-refractivity contribution in [1.82, 2.24) is 4.90 Å². The maximum absolute atomic E-state index is 12.6. The molecule has 0 aliphatic carbocycles. The van der Waals surface area contributed by atoms with Gasteiger partial charge in [0.15, 0.2) is 0 Å². The zero-order chi connectivity index (χ0) is 18.4. The molecule has 0 aromatic heterocycles. The van der Waals surface area contributed by atoms with Gasteiger partial charge in [-0.3, -0.25) is 14.9 Å². The molecule has 134 valence electrons. The third kappa shape index (κ3) is 3.13. The van der Waals surface area contributed by atoms with Gasteiger partial charge in [0, 0.05) is 18.0 Å². The number of benzene rings is 1. The standard InChI is InChI=1S/C15H14BrClN2O5S/c1-15(7-17)11(18-12(20)10(16)13(18)25-15)14(21)24-6-8-2-4-9(5-3-8)19(22)23/h2-5,10-11,13H,6-7H2,1H3/t10-,11-,13+,15-/m0/s1. The molecule has 1 aromatic carbocycles. The van der Waals surface area contributed by atoms with Gasteiger partial charge < -0.3 is 9.64 Å². The number of hydrogen-bond donors (Lipinski definition) is 0. The summed E-state index contributed by atoms with van der Waals surface area (Å²) < 4.78 is 4.73. The fraction of sp³-hybridized carbons (Fsp3) is 0.467. The minimum absolute atomic E-state index is 0.0270. The van der Waals surface area contributed by atoms with Crippen molar-refractivity contribution in [3.8, 4) is 0 Å². The van der Waals surface area contributed by atoms with E-state index in [0.717, 1.165) is 0 Å². The molecule has 3 rings (SSSR count). The number of carbonyl (C=O) groups is 2. The second-order valence-electron chi connectivity index (χ2n) is 6.04. The highest BCUT2D eigenvalue weighted by Gasteiger charge is 2.64. The van der Waals surface area contributed by atoms with E-state index in [1.54, 1.807) is 0 Å². The van der Waals surface area contributed by atoms with Crippen molar-refractivity contribution in [2.24, 2.45) is 0 Å². The van der Waals surface area contributed by atoms with E-state index in [1.165, 1.54) is 40.9 Å². The molecule has 7 nitrogen and oxygen atoms in total. The summed E-state index contributed by atoms with van der Waals surface area (Å²) in [5.74, 6) is -0.470. The number of nitro groups is 1. The monoisotopic (exact) mass is 448 g/mol. The largest absolute Gasteiger partial charge is 0.459 e. The van der Waals surface area contributed by atoms with Gasteiger partial charge in [-0.05, 0) is 24.6 Å². The van der Waals surface area contributed by atoms with Gasteiger partial charge in [0.25, 0.3) is 5.69 Å². The van der Waals surface area contributed by atoms with Gasteiger partial charge in [-0.1, -0.05) is 15.9 Å². The SMILES string of the molecule is C[C@@]1(CCl)S[C@@H]2[C@@H](Br)C(=O)N2[C@H]1C(=O)OCc1ccc([N+](=O)[O-])cc1. The molecule has 0 N–H and O–H groups in total. The molecule has 2 fully saturated rings. The van der Waals surface area contributed by atoms with Crippen LogP contribution < -0.4 is 0 Å². The van der Waals surface area contributed by atoms with Crippen LogP contribution in [-0.4, -0.2) is 48.6 Å². The lowest BCUT2D eigenvalue weighted by molar-refractivity contribution is -0.384. The van der Waals surface area contributed by atoms with Gasteiger partial charge in [0.05, 0.1) is 9.67 Å². The Hall–Kier alpha value is -1.32. The van der Waals surface area contributed by atoms with Crippen LogP contribution in [0, 0.1) is 10.1 Å². The van der Waals surface area contributed by atoms with Crippen LogP contribution in [0.5, 0.6) is 0 Å². The molecule has 2 heterocycles. The van der Waals surface area contributed by atoms with E-state index in [1.807, 2.05) is 6.92 Å². The van der Waals surface area contributed by atoms with Crippen LogP contribution in [0.15, 0.2) is 24.3 Å². The van der Waals surface area contributed by atoms with Gasteiger partial charge in [-0.2, -0.15) is 0 Å². The number of fused-ring (bicyclic) bond motifs is 1. The maximum atomic E-state index is 12.6. The Morgan fingerprint density at radius 1 is 1.48 bits per heavy atom. The molecule has 0 saturated carbocycles. The molecule has 2 saturated heterocycles. The zero-order valence-corrected chi connectivity index (χ0v) is 16.2. The number of rotatable bonds is 5. The highest BCUT2D eigenvalue weighted by Crippen LogP contribution is 2.53. The Balaban J connectivity index is 1.69. The number of esters is 1. The summed E-state index contributed by atoms with van der Waals surface area (Å²) in [7, 11) is 0. The average molecular weight is 450 g/mol. The van der Waals surface area contributed by atoms with Gasteiger partial charge >= 0.3 is 5.97 Å². The minimum Gasteiger partial charge on any atom is -0.459 e. The fourth-order valence-corrected chi connectivity index (χ4v) is 5.57. The highest BCUT2D eigenvalue weighted by atomic mass is 79.9. The number of amides is 1. The van der Waals surface area contributed by atoms with Crippen LogP contribution >= 0.6 is 39.3 Å². The number of carbonyl (C=O) groups excluding carboxylic acids is 2. The molecule has 25 heavy (non-hydrogen) atoms. The predicted octanol–water partition coefficient (Wildman–Crippen LogP) is 2.68. The van der Waals surface area contributed by atoms with E-state index in [2.05, 4.69) is 15.9 Å². The molecule has 1 aromatic rings. The first-order valence-electron chi connectivity index (χ1n) is 7.38. The van der Waals surface area contributed by atoms with Crippen molar-refractivity contribution in [3.63, 3.8) is 0 Å². The van der Waals surface area contributed by atoms with Crippen molar-refractivity contribution in [3.05, 3.63) is 39.9 Å². The molecule has 0 spiro atoms. The Bertz CT molecular complexity index is 733. The Morgan fingerprint density at radius 2 is 2.12 bits per heavy atom. The van der Waals surface area contributed by atoms with Crippen LogP contribution in [0.3, 0.4) is 0 Å². The van der Waals surface area contributed by atoms with Crippen molar-refractivity contribution in [1.29, 1.82) is 0 Å². The molecule has 2 aliphatic rings. The van der Waals surface area contributed by atoms with E-state index in [0.29, 0.717) is 5.56 Å². The summed E-state index contributed by atoms with van der Waals surface area (Å²) in [4.78, 5) is 36.0. The maximum Gasteiger partial charge on any atom is 0.330 e. The number of β-lactam (4-membered cyclic amide) rings is 1. The van der Waals surface area contributed by atoms with E-state index >= 15 is 0 Å². The Labute approximate surface area is 161 Å². The van der Waals surface area contributed by atoms with Gasteiger partial charge in [0.2, 0.25) is 5.91 Å². The number of non-ortho nitro benzene ring substituents is 1. The van der Waals surface area contributed by atoms with E-state index in [9.17, 15) is 19.7 Å². The molecule has 0 unspecified atom stereocenters. The normalized spacial score (nSPS) is 30.6. The van der Waals surface area contributed by atoms with Crippen LogP contribution in [0.1, 0.15) is 12.5 Å². The molecular weight excluding hydrogens is 436 g/mol. The first-order chi connectivity index (χ1) is 11.8. The Morgan fingerprint density at radius 3 is 2.68 bits per heavy atom. The lowest BCUT2D eigenvalue weighted by Crippen LogP contribution is -2.64. The van der Waals surface area contributed by atoms with E-state index in [-0.39, 0.29) is 34.3 Å². The quantitative estimate of drug-likeness (QED) is 0.226. The molecule has 2 aliphatic heterocycles. The molecule has 0 radical (unpaired) electrons. The van der Waals surface area contributed by atoms with E-state index < -0.39 is 21.7 Å². The smallest absolute Gasteiger partial charge is 0.330 e.